The molecule has 0 amide bonds. The Hall–Kier alpha value is -1.13. The normalized spacial score (nSPS) is 19.0. The van der Waals surface area contributed by atoms with Crippen molar-refractivity contribution >= 4 is 17.2 Å². The fourth-order valence-corrected chi connectivity index (χ4v) is 2.08. The third-order valence-corrected chi connectivity index (χ3v) is 3.25. The molecule has 0 radical (unpaired) electrons. The SMILES string of the molecule is COc1ccc(C(=S)NC[C@H]2CCCO2)cc1. The van der Waals surface area contributed by atoms with Crippen molar-refractivity contribution in [3.63, 3.8) is 0 Å². The second kappa shape index (κ2) is 5.98. The maximum Gasteiger partial charge on any atom is 0.118 e. The van der Waals surface area contributed by atoms with E-state index >= 15 is 0 Å². The fourth-order valence-electron chi connectivity index (χ4n) is 1.86. The van der Waals surface area contributed by atoms with Gasteiger partial charge in [-0.15, -0.1) is 0 Å². The van der Waals surface area contributed by atoms with Crippen LogP contribution < -0.4 is 10.1 Å². The maximum absolute atomic E-state index is 5.53. The highest BCUT2D eigenvalue weighted by molar-refractivity contribution is 7.80. The molecule has 4 heteroatoms. The van der Waals surface area contributed by atoms with Gasteiger partial charge < -0.3 is 14.8 Å². The lowest BCUT2D eigenvalue weighted by Gasteiger charge is -2.12. The summed E-state index contributed by atoms with van der Waals surface area (Å²) < 4.78 is 10.6. The summed E-state index contributed by atoms with van der Waals surface area (Å²) >= 11 is 5.33. The molecule has 1 aromatic carbocycles. The average molecular weight is 251 g/mol. The van der Waals surface area contributed by atoms with Gasteiger partial charge >= 0.3 is 0 Å². The lowest BCUT2D eigenvalue weighted by atomic mass is 10.2. The zero-order valence-corrected chi connectivity index (χ0v) is 10.8. The quantitative estimate of drug-likeness (QED) is 0.831. The highest BCUT2D eigenvalue weighted by Crippen LogP contribution is 2.13. The highest BCUT2D eigenvalue weighted by Gasteiger charge is 2.15. The van der Waals surface area contributed by atoms with Gasteiger partial charge in [0.2, 0.25) is 0 Å². The van der Waals surface area contributed by atoms with E-state index in [9.17, 15) is 0 Å². The number of ether oxygens (including phenoxy) is 2. The molecule has 1 aromatic rings. The summed E-state index contributed by atoms with van der Waals surface area (Å²) in [4.78, 5) is 0.767. The molecule has 1 aliphatic rings. The predicted octanol–water partition coefficient (Wildman–Crippen LogP) is 2.14. The van der Waals surface area contributed by atoms with E-state index < -0.39 is 0 Å². The Labute approximate surface area is 107 Å². The molecule has 0 bridgehead atoms. The molecule has 1 aliphatic heterocycles. The van der Waals surface area contributed by atoms with Gasteiger partial charge in [-0.05, 0) is 37.1 Å². The van der Waals surface area contributed by atoms with Gasteiger partial charge in [-0.25, -0.2) is 0 Å². The molecule has 17 heavy (non-hydrogen) atoms. The van der Waals surface area contributed by atoms with Crippen molar-refractivity contribution < 1.29 is 9.47 Å². The number of thiocarbonyl (C=S) groups is 1. The van der Waals surface area contributed by atoms with Crippen LogP contribution in [0.2, 0.25) is 0 Å². The summed E-state index contributed by atoms with van der Waals surface area (Å²) in [7, 11) is 1.66. The van der Waals surface area contributed by atoms with E-state index in [1.54, 1.807) is 7.11 Å². The fraction of sp³-hybridized carbons (Fsp3) is 0.462. The summed E-state index contributed by atoms with van der Waals surface area (Å²) in [5.41, 5.74) is 1.01. The second-order valence-electron chi connectivity index (χ2n) is 4.07. The molecule has 1 heterocycles. The van der Waals surface area contributed by atoms with Crippen LogP contribution >= 0.6 is 12.2 Å². The molecule has 1 atom stereocenters. The van der Waals surface area contributed by atoms with Crippen LogP contribution in [0.5, 0.6) is 5.75 Å². The van der Waals surface area contributed by atoms with Gasteiger partial charge in [-0.1, -0.05) is 12.2 Å². The average Bonchev–Trinajstić information content (AvgIpc) is 2.89. The first-order valence-electron chi connectivity index (χ1n) is 5.83. The van der Waals surface area contributed by atoms with Gasteiger partial charge in [0.05, 0.1) is 13.2 Å². The van der Waals surface area contributed by atoms with E-state index in [1.807, 2.05) is 24.3 Å². The summed E-state index contributed by atoms with van der Waals surface area (Å²) in [5, 5.41) is 3.24. The first-order chi connectivity index (χ1) is 8.29. The Bertz CT molecular complexity index is 372. The monoisotopic (exact) mass is 251 g/mol. The second-order valence-corrected chi connectivity index (χ2v) is 4.48. The Kier molecular flexibility index (Phi) is 4.34. The third-order valence-electron chi connectivity index (χ3n) is 2.87. The molecular formula is C13H17NO2S. The molecule has 1 fully saturated rings. The third kappa shape index (κ3) is 3.41. The Morgan fingerprint density at radius 3 is 2.82 bits per heavy atom. The Morgan fingerprint density at radius 2 is 2.24 bits per heavy atom. The van der Waals surface area contributed by atoms with Crippen LogP contribution in [0.3, 0.4) is 0 Å². The van der Waals surface area contributed by atoms with Crippen molar-refractivity contribution in [1.29, 1.82) is 0 Å². The molecule has 0 aromatic heterocycles. The van der Waals surface area contributed by atoms with Gasteiger partial charge in [0.15, 0.2) is 0 Å². The number of nitrogens with one attached hydrogen (secondary N) is 1. The molecule has 92 valence electrons. The van der Waals surface area contributed by atoms with Crippen molar-refractivity contribution in [3.05, 3.63) is 29.8 Å². The van der Waals surface area contributed by atoms with E-state index in [0.29, 0.717) is 6.10 Å². The van der Waals surface area contributed by atoms with E-state index in [1.165, 1.54) is 0 Å². The van der Waals surface area contributed by atoms with Crippen molar-refractivity contribution in [3.8, 4) is 5.75 Å². The highest BCUT2D eigenvalue weighted by atomic mass is 32.1. The minimum Gasteiger partial charge on any atom is -0.497 e. The molecular weight excluding hydrogens is 234 g/mol. The van der Waals surface area contributed by atoms with Gasteiger partial charge in [0.1, 0.15) is 10.7 Å². The standard InChI is InChI=1S/C13H17NO2S/c1-15-11-6-4-10(5-7-11)13(17)14-9-12-3-2-8-16-12/h4-7,12H,2-3,8-9H2,1H3,(H,14,17)/t12-/m1/s1. The number of hydrogen-bond acceptors (Lipinski definition) is 3. The van der Waals surface area contributed by atoms with Crippen LogP contribution in [0, 0.1) is 0 Å². The van der Waals surface area contributed by atoms with Crippen molar-refractivity contribution in [2.24, 2.45) is 0 Å². The van der Waals surface area contributed by atoms with Crippen LogP contribution in [-0.2, 0) is 4.74 Å². The van der Waals surface area contributed by atoms with Crippen molar-refractivity contribution in [2.45, 2.75) is 18.9 Å². The van der Waals surface area contributed by atoms with Crippen LogP contribution in [0.25, 0.3) is 0 Å². The lowest BCUT2D eigenvalue weighted by molar-refractivity contribution is 0.114. The summed E-state index contributed by atoms with van der Waals surface area (Å²) in [5.74, 6) is 0.843. The molecule has 0 saturated carbocycles. The van der Waals surface area contributed by atoms with E-state index in [4.69, 9.17) is 21.7 Å². The van der Waals surface area contributed by atoms with Gasteiger partial charge in [-0.3, -0.25) is 0 Å². The summed E-state index contributed by atoms with van der Waals surface area (Å²) in [6.07, 6.45) is 2.59. The zero-order valence-electron chi connectivity index (χ0n) is 9.94. The van der Waals surface area contributed by atoms with E-state index in [2.05, 4.69) is 5.32 Å². The van der Waals surface area contributed by atoms with Crippen LogP contribution in [0.4, 0.5) is 0 Å². The smallest absolute Gasteiger partial charge is 0.118 e. The number of benzene rings is 1. The molecule has 0 spiro atoms. The Morgan fingerprint density at radius 1 is 1.47 bits per heavy atom. The molecule has 2 rings (SSSR count). The first-order valence-corrected chi connectivity index (χ1v) is 6.24. The molecule has 0 unspecified atom stereocenters. The number of methoxy groups -OCH3 is 1. The van der Waals surface area contributed by atoms with Gasteiger partial charge in [0, 0.05) is 18.7 Å². The maximum atomic E-state index is 5.53. The van der Waals surface area contributed by atoms with Crippen LogP contribution in [0.15, 0.2) is 24.3 Å². The van der Waals surface area contributed by atoms with E-state index in [-0.39, 0.29) is 0 Å². The predicted molar refractivity (Wildman–Crippen MR) is 71.7 cm³/mol. The van der Waals surface area contributed by atoms with Gasteiger partial charge in [-0.2, -0.15) is 0 Å². The topological polar surface area (TPSA) is 30.5 Å². The largest absolute Gasteiger partial charge is 0.497 e. The molecule has 3 nitrogen and oxygen atoms in total. The number of hydrogen-bond donors (Lipinski definition) is 1. The van der Waals surface area contributed by atoms with Gasteiger partial charge in [0.25, 0.3) is 0 Å². The van der Waals surface area contributed by atoms with Crippen LogP contribution in [0.1, 0.15) is 18.4 Å². The van der Waals surface area contributed by atoms with Crippen molar-refractivity contribution in [1.82, 2.24) is 5.32 Å². The first kappa shape index (κ1) is 12.3. The molecule has 0 aliphatic carbocycles. The lowest BCUT2D eigenvalue weighted by Crippen LogP contribution is -2.31. The Balaban J connectivity index is 1.85. The number of rotatable bonds is 4. The van der Waals surface area contributed by atoms with Crippen molar-refractivity contribution in [2.75, 3.05) is 20.3 Å². The zero-order chi connectivity index (χ0) is 12.1. The summed E-state index contributed by atoms with van der Waals surface area (Å²) in [6.45, 7) is 1.67. The summed E-state index contributed by atoms with van der Waals surface area (Å²) in [6, 6.07) is 7.75. The molecule has 1 N–H and O–H groups in total. The minimum atomic E-state index is 0.311. The minimum absolute atomic E-state index is 0.311. The van der Waals surface area contributed by atoms with Crippen LogP contribution in [-0.4, -0.2) is 31.4 Å². The van der Waals surface area contributed by atoms with E-state index in [0.717, 1.165) is 42.3 Å². The molecule has 1 saturated heterocycles.